The average Bonchev–Trinajstić information content (AvgIpc) is 2.84. The van der Waals surface area contributed by atoms with Crippen LogP contribution in [-0.4, -0.2) is 24.1 Å². The standard InChI is InChI=1S/C24H15Cl3F7N3O/c1-37(20-4-2-3-7-35-20)36-22(38)14-6-5-12(8-16(14)24(32,33)34)19(28)11-15(23(29,30)31)13-9-17(25)21(27)18(26)10-13/h2-11,15H,1H3,(H,36,38)/b19-11-. The minimum atomic E-state index is -5.15. The predicted octanol–water partition coefficient (Wildman–Crippen LogP) is 8.50. The number of anilines is 1. The molecule has 38 heavy (non-hydrogen) atoms. The summed E-state index contributed by atoms with van der Waals surface area (Å²) in [6, 6.07) is 7.95. The molecule has 1 aromatic heterocycles. The minimum Gasteiger partial charge on any atom is -0.271 e. The van der Waals surface area contributed by atoms with Gasteiger partial charge >= 0.3 is 12.4 Å². The molecule has 202 valence electrons. The number of nitrogens with zero attached hydrogens (tertiary/aromatic N) is 2. The van der Waals surface area contributed by atoms with E-state index < -0.39 is 52.3 Å². The number of allylic oxidation sites excluding steroid dienone is 1. The summed E-state index contributed by atoms with van der Waals surface area (Å²) >= 11 is 17.3. The fraction of sp³-hybridized carbons (Fsp3) is 0.167. The number of hydrogen-bond acceptors (Lipinski definition) is 3. The van der Waals surface area contributed by atoms with Crippen molar-refractivity contribution in [3.05, 3.63) is 98.1 Å². The molecule has 0 aliphatic rings. The molecule has 1 amide bonds. The Morgan fingerprint density at radius 1 is 1.00 bits per heavy atom. The van der Waals surface area contributed by atoms with Gasteiger partial charge in [0.1, 0.15) is 17.6 Å². The molecule has 4 nitrogen and oxygen atoms in total. The van der Waals surface area contributed by atoms with Crippen LogP contribution in [0.25, 0.3) is 5.83 Å². The lowest BCUT2D eigenvalue weighted by atomic mass is 9.95. The van der Waals surface area contributed by atoms with Crippen LogP contribution in [0.1, 0.15) is 33.0 Å². The van der Waals surface area contributed by atoms with E-state index in [0.29, 0.717) is 6.07 Å². The van der Waals surface area contributed by atoms with Crippen LogP contribution >= 0.6 is 34.8 Å². The molecule has 0 radical (unpaired) electrons. The molecule has 3 rings (SSSR count). The normalized spacial score (nSPS) is 13.3. The maximum atomic E-state index is 15.0. The Kier molecular flexibility index (Phi) is 8.85. The van der Waals surface area contributed by atoms with Gasteiger partial charge in [-0.15, -0.1) is 0 Å². The van der Waals surface area contributed by atoms with Crippen LogP contribution in [-0.2, 0) is 6.18 Å². The summed E-state index contributed by atoms with van der Waals surface area (Å²) in [5.41, 5.74) is -1.68. The second-order valence-corrected chi connectivity index (χ2v) is 8.97. The maximum absolute atomic E-state index is 15.0. The van der Waals surface area contributed by atoms with Crippen LogP contribution in [0.4, 0.5) is 36.6 Å². The van der Waals surface area contributed by atoms with E-state index in [4.69, 9.17) is 34.8 Å². The predicted molar refractivity (Wildman–Crippen MR) is 131 cm³/mol. The van der Waals surface area contributed by atoms with Crippen molar-refractivity contribution in [1.82, 2.24) is 10.4 Å². The maximum Gasteiger partial charge on any atom is 0.417 e. The van der Waals surface area contributed by atoms with Gasteiger partial charge in [-0.2, -0.15) is 26.3 Å². The molecule has 0 spiro atoms. The topological polar surface area (TPSA) is 45.2 Å². The van der Waals surface area contributed by atoms with Crippen LogP contribution in [0.5, 0.6) is 0 Å². The lowest BCUT2D eigenvalue weighted by Crippen LogP contribution is -2.40. The quantitative estimate of drug-likeness (QED) is 0.175. The van der Waals surface area contributed by atoms with E-state index in [1.807, 2.05) is 0 Å². The monoisotopic (exact) mass is 599 g/mol. The summed E-state index contributed by atoms with van der Waals surface area (Å²) < 4.78 is 97.7. The second kappa shape index (κ2) is 11.4. The number of hydrogen-bond donors (Lipinski definition) is 1. The third-order valence-electron chi connectivity index (χ3n) is 5.14. The van der Waals surface area contributed by atoms with Gasteiger partial charge in [-0.25, -0.2) is 9.37 Å². The van der Waals surface area contributed by atoms with Crippen molar-refractivity contribution in [2.24, 2.45) is 0 Å². The Balaban J connectivity index is 2.01. The first kappa shape index (κ1) is 29.5. The van der Waals surface area contributed by atoms with Gasteiger partial charge in [-0.05, 0) is 48.0 Å². The molecule has 0 aliphatic carbocycles. The van der Waals surface area contributed by atoms with Crippen LogP contribution in [0.15, 0.2) is 60.8 Å². The Morgan fingerprint density at radius 3 is 2.16 bits per heavy atom. The molecule has 1 heterocycles. The van der Waals surface area contributed by atoms with Crippen LogP contribution in [0.2, 0.25) is 15.1 Å². The number of carbonyl (C=O) groups excluding carboxylic acids is 1. The molecular formula is C24H15Cl3F7N3O. The van der Waals surface area contributed by atoms with Crippen molar-refractivity contribution in [2.45, 2.75) is 18.3 Å². The summed E-state index contributed by atoms with van der Waals surface area (Å²) in [5, 5.41) is 0.178. The first-order valence-electron chi connectivity index (χ1n) is 10.4. The molecule has 3 aromatic rings. The van der Waals surface area contributed by atoms with E-state index in [1.165, 1.54) is 19.3 Å². The minimum absolute atomic E-state index is 0.0833. The summed E-state index contributed by atoms with van der Waals surface area (Å²) in [6.45, 7) is 0. The van der Waals surface area contributed by atoms with Crippen LogP contribution in [0, 0.1) is 0 Å². The summed E-state index contributed by atoms with van der Waals surface area (Å²) in [7, 11) is 1.33. The van der Waals surface area contributed by atoms with Crippen molar-refractivity contribution in [2.75, 3.05) is 12.1 Å². The Hall–Kier alpha value is -3.02. The lowest BCUT2D eigenvalue weighted by molar-refractivity contribution is -0.140. The van der Waals surface area contributed by atoms with Crippen molar-refractivity contribution in [1.29, 1.82) is 0 Å². The highest BCUT2D eigenvalue weighted by Gasteiger charge is 2.41. The van der Waals surface area contributed by atoms with Gasteiger partial charge in [0.15, 0.2) is 0 Å². The first-order chi connectivity index (χ1) is 17.6. The SMILES string of the molecule is CN(NC(=O)c1ccc(/C(F)=C/C(c2cc(Cl)c(Cl)c(Cl)c2)C(F)(F)F)cc1C(F)(F)F)c1ccccn1. The van der Waals surface area contributed by atoms with Crippen molar-refractivity contribution in [3.8, 4) is 0 Å². The van der Waals surface area contributed by atoms with Gasteiger partial charge in [0.25, 0.3) is 5.91 Å². The van der Waals surface area contributed by atoms with Crippen molar-refractivity contribution >= 4 is 52.4 Å². The number of rotatable bonds is 6. The van der Waals surface area contributed by atoms with Crippen molar-refractivity contribution in [3.63, 3.8) is 0 Å². The zero-order chi connectivity index (χ0) is 28.4. The molecule has 0 fully saturated rings. The fourth-order valence-corrected chi connectivity index (χ4v) is 3.94. The molecular weight excluding hydrogens is 586 g/mol. The molecule has 2 aromatic carbocycles. The molecule has 0 saturated carbocycles. The van der Waals surface area contributed by atoms with E-state index in [9.17, 15) is 35.5 Å². The number of alkyl halides is 6. The Morgan fingerprint density at radius 2 is 1.63 bits per heavy atom. The van der Waals surface area contributed by atoms with E-state index in [1.54, 1.807) is 12.1 Å². The number of carbonyl (C=O) groups is 1. The highest BCUT2D eigenvalue weighted by Crippen LogP contribution is 2.42. The van der Waals surface area contributed by atoms with Gasteiger partial charge < -0.3 is 0 Å². The van der Waals surface area contributed by atoms with Gasteiger partial charge in [-0.1, -0.05) is 46.9 Å². The molecule has 1 atom stereocenters. The lowest BCUT2D eigenvalue weighted by Gasteiger charge is -2.21. The van der Waals surface area contributed by atoms with Gasteiger partial charge in [0.2, 0.25) is 0 Å². The number of nitrogens with one attached hydrogen (secondary N) is 1. The smallest absolute Gasteiger partial charge is 0.271 e. The number of amides is 1. The number of aromatic nitrogens is 1. The van der Waals surface area contributed by atoms with Crippen molar-refractivity contribution < 1.29 is 35.5 Å². The van der Waals surface area contributed by atoms with E-state index in [-0.39, 0.29) is 33.0 Å². The largest absolute Gasteiger partial charge is 0.417 e. The second-order valence-electron chi connectivity index (χ2n) is 7.78. The van der Waals surface area contributed by atoms with Gasteiger partial charge in [0, 0.05) is 18.8 Å². The molecule has 0 aliphatic heterocycles. The summed E-state index contributed by atoms with van der Waals surface area (Å²) in [6.07, 6.45) is -8.74. The first-order valence-corrected chi connectivity index (χ1v) is 11.5. The van der Waals surface area contributed by atoms with E-state index in [2.05, 4.69) is 10.4 Å². The third-order valence-corrected chi connectivity index (χ3v) is 6.34. The van der Waals surface area contributed by atoms with Gasteiger partial charge in [0.05, 0.1) is 26.2 Å². The summed E-state index contributed by atoms with van der Waals surface area (Å²) in [4.78, 5) is 16.5. The van der Waals surface area contributed by atoms with Crippen LogP contribution < -0.4 is 10.4 Å². The molecule has 1 N–H and O–H groups in total. The zero-order valence-corrected chi connectivity index (χ0v) is 21.2. The number of benzene rings is 2. The Bertz CT molecular complexity index is 1340. The van der Waals surface area contributed by atoms with E-state index >= 15 is 0 Å². The molecule has 14 heteroatoms. The fourth-order valence-electron chi connectivity index (χ4n) is 3.32. The average molecular weight is 601 g/mol. The summed E-state index contributed by atoms with van der Waals surface area (Å²) in [5.74, 6) is -5.25. The number of pyridine rings is 1. The number of hydrazine groups is 1. The van der Waals surface area contributed by atoms with E-state index in [0.717, 1.165) is 23.2 Å². The third kappa shape index (κ3) is 6.89. The zero-order valence-electron chi connectivity index (χ0n) is 18.9. The van der Waals surface area contributed by atoms with Gasteiger partial charge in [-0.3, -0.25) is 15.2 Å². The van der Waals surface area contributed by atoms with Crippen LogP contribution in [0.3, 0.4) is 0 Å². The number of halogens is 10. The highest BCUT2D eigenvalue weighted by atomic mass is 35.5. The highest BCUT2D eigenvalue weighted by molar-refractivity contribution is 6.48. The molecule has 1 unspecified atom stereocenters. The molecule has 0 saturated heterocycles. The Labute approximate surface area is 226 Å². The molecule has 0 bridgehead atoms.